The van der Waals surface area contributed by atoms with Crippen LogP contribution in [-0.4, -0.2) is 32.1 Å². The number of benzene rings is 1. The fourth-order valence-corrected chi connectivity index (χ4v) is 5.08. The van der Waals surface area contributed by atoms with E-state index in [0.29, 0.717) is 16.3 Å². The molecule has 1 unspecified atom stereocenters. The van der Waals surface area contributed by atoms with Crippen molar-refractivity contribution in [1.82, 2.24) is 9.71 Å². The minimum Gasteiger partial charge on any atom is -0.321 e. The molecule has 0 aliphatic heterocycles. The van der Waals surface area contributed by atoms with Crippen LogP contribution in [0.2, 0.25) is 5.02 Å². The maximum absolute atomic E-state index is 12.4. The van der Waals surface area contributed by atoms with E-state index in [9.17, 15) is 13.2 Å². The minimum atomic E-state index is -3.50. The Bertz CT molecular complexity index is 1130. The predicted molar refractivity (Wildman–Crippen MR) is 113 cm³/mol. The molecule has 1 atom stereocenters. The van der Waals surface area contributed by atoms with Gasteiger partial charge in [0.25, 0.3) is 5.91 Å². The number of carbonyl (C=O) groups excluding carboxylic acids is 1. The average Bonchev–Trinajstić information content (AvgIpc) is 3.05. The Kier molecular flexibility index (Phi) is 5.74. The van der Waals surface area contributed by atoms with Gasteiger partial charge in [0, 0.05) is 16.6 Å². The topological polar surface area (TPSA) is 114 Å². The summed E-state index contributed by atoms with van der Waals surface area (Å²) in [7, 11) is -2.14. The van der Waals surface area contributed by atoms with Crippen LogP contribution in [0.25, 0.3) is 10.1 Å². The third kappa shape index (κ3) is 4.50. The molecule has 0 aliphatic carbocycles. The fraction of sp³-hybridized carbons (Fsp3) is 0.222. The maximum atomic E-state index is 12.4. The lowest BCUT2D eigenvalue weighted by atomic mass is 9.95. The van der Waals surface area contributed by atoms with E-state index < -0.39 is 15.6 Å². The van der Waals surface area contributed by atoms with Gasteiger partial charge in [-0.05, 0) is 60.6 Å². The van der Waals surface area contributed by atoms with Crippen LogP contribution < -0.4 is 15.8 Å². The zero-order valence-corrected chi connectivity index (χ0v) is 17.6. The summed E-state index contributed by atoms with van der Waals surface area (Å²) in [4.78, 5) is 16.4. The van der Waals surface area contributed by atoms with Crippen molar-refractivity contribution in [2.45, 2.75) is 12.5 Å². The molecule has 1 aromatic carbocycles. The molecular weight excluding hydrogens is 420 g/mol. The molecule has 2 heterocycles. The Morgan fingerprint density at radius 2 is 2.07 bits per heavy atom. The normalized spacial score (nSPS) is 14.0. The van der Waals surface area contributed by atoms with Crippen LogP contribution in [0.4, 0.5) is 5.69 Å². The first kappa shape index (κ1) is 20.7. The third-order valence-corrected chi connectivity index (χ3v) is 7.00. The molecule has 148 valence electrons. The summed E-state index contributed by atoms with van der Waals surface area (Å²) in [5, 5.41) is 5.87. The SMILES string of the molecule is CNS(=O)(=O)CC(C)(N)c1csc2ccc(NC(=O)c3ccc(Cl)cn3)cc12. The number of amides is 1. The van der Waals surface area contributed by atoms with Crippen LogP contribution in [0.5, 0.6) is 0 Å². The van der Waals surface area contributed by atoms with E-state index >= 15 is 0 Å². The number of pyridine rings is 1. The molecule has 2 aromatic heterocycles. The summed E-state index contributed by atoms with van der Waals surface area (Å²) >= 11 is 7.26. The summed E-state index contributed by atoms with van der Waals surface area (Å²) in [6.45, 7) is 1.67. The average molecular weight is 439 g/mol. The van der Waals surface area contributed by atoms with Crippen LogP contribution in [0, 0.1) is 0 Å². The van der Waals surface area contributed by atoms with Crippen LogP contribution in [0.3, 0.4) is 0 Å². The Balaban J connectivity index is 1.92. The molecule has 1 amide bonds. The first-order valence-electron chi connectivity index (χ1n) is 8.26. The van der Waals surface area contributed by atoms with Gasteiger partial charge in [-0.15, -0.1) is 11.3 Å². The van der Waals surface area contributed by atoms with Gasteiger partial charge in [-0.3, -0.25) is 4.79 Å². The monoisotopic (exact) mass is 438 g/mol. The Morgan fingerprint density at radius 1 is 1.32 bits per heavy atom. The second-order valence-corrected chi connectivity index (χ2v) is 9.83. The van der Waals surface area contributed by atoms with Gasteiger partial charge in [0.2, 0.25) is 10.0 Å². The molecule has 10 heteroatoms. The van der Waals surface area contributed by atoms with Gasteiger partial charge in [0.15, 0.2) is 0 Å². The van der Waals surface area contributed by atoms with E-state index in [1.807, 2.05) is 11.4 Å². The molecule has 0 bridgehead atoms. The van der Waals surface area contributed by atoms with Crippen molar-refractivity contribution in [3.63, 3.8) is 0 Å². The third-order valence-electron chi connectivity index (χ3n) is 4.21. The number of rotatable bonds is 6. The summed E-state index contributed by atoms with van der Waals surface area (Å²) in [6.07, 6.45) is 1.40. The Morgan fingerprint density at radius 3 is 2.71 bits per heavy atom. The summed E-state index contributed by atoms with van der Waals surface area (Å²) < 4.78 is 27.2. The lowest BCUT2D eigenvalue weighted by Gasteiger charge is -2.24. The van der Waals surface area contributed by atoms with Gasteiger partial charge in [-0.1, -0.05) is 11.6 Å². The molecule has 0 saturated carbocycles. The molecule has 3 rings (SSSR count). The second-order valence-electron chi connectivity index (χ2n) is 6.56. The maximum Gasteiger partial charge on any atom is 0.274 e. The molecule has 28 heavy (non-hydrogen) atoms. The number of nitrogens with two attached hydrogens (primary N) is 1. The van der Waals surface area contributed by atoms with E-state index in [0.717, 1.165) is 10.1 Å². The van der Waals surface area contributed by atoms with Gasteiger partial charge in [-0.2, -0.15) is 0 Å². The quantitative estimate of drug-likeness (QED) is 0.547. The highest BCUT2D eigenvalue weighted by Gasteiger charge is 2.30. The highest BCUT2D eigenvalue weighted by molar-refractivity contribution is 7.89. The van der Waals surface area contributed by atoms with Gasteiger partial charge in [0.05, 0.1) is 16.3 Å². The van der Waals surface area contributed by atoms with Crippen molar-refractivity contribution in [2.75, 3.05) is 18.1 Å². The lowest BCUT2D eigenvalue weighted by molar-refractivity contribution is 0.102. The van der Waals surface area contributed by atoms with Crippen LogP contribution in [0.1, 0.15) is 23.0 Å². The Labute approximate surface area is 172 Å². The van der Waals surface area contributed by atoms with E-state index in [1.165, 1.54) is 30.6 Å². The summed E-state index contributed by atoms with van der Waals surface area (Å²) in [5.74, 6) is -0.630. The zero-order valence-electron chi connectivity index (χ0n) is 15.2. The first-order valence-corrected chi connectivity index (χ1v) is 11.2. The Hall–Kier alpha value is -2.04. The molecule has 3 aromatic rings. The van der Waals surface area contributed by atoms with Crippen LogP contribution in [0.15, 0.2) is 41.9 Å². The summed E-state index contributed by atoms with van der Waals surface area (Å²) in [5.41, 5.74) is 6.74. The number of nitrogens with one attached hydrogen (secondary N) is 2. The molecule has 7 nitrogen and oxygen atoms in total. The molecule has 4 N–H and O–H groups in total. The van der Waals surface area contributed by atoms with Crippen molar-refractivity contribution < 1.29 is 13.2 Å². The van der Waals surface area contributed by atoms with Gasteiger partial charge in [0.1, 0.15) is 5.69 Å². The highest BCUT2D eigenvalue weighted by atomic mass is 35.5. The van der Waals surface area contributed by atoms with Crippen LogP contribution >= 0.6 is 22.9 Å². The van der Waals surface area contributed by atoms with Crippen molar-refractivity contribution in [3.05, 3.63) is 58.2 Å². The van der Waals surface area contributed by atoms with Crippen molar-refractivity contribution in [2.24, 2.45) is 5.73 Å². The number of anilines is 1. The van der Waals surface area contributed by atoms with Crippen molar-refractivity contribution >= 4 is 54.6 Å². The van der Waals surface area contributed by atoms with E-state index in [-0.39, 0.29) is 17.4 Å². The van der Waals surface area contributed by atoms with Crippen molar-refractivity contribution in [1.29, 1.82) is 0 Å². The lowest BCUT2D eigenvalue weighted by Crippen LogP contribution is -2.43. The highest BCUT2D eigenvalue weighted by Crippen LogP contribution is 2.35. The first-order chi connectivity index (χ1) is 13.1. The largest absolute Gasteiger partial charge is 0.321 e. The van der Waals surface area contributed by atoms with Gasteiger partial charge >= 0.3 is 0 Å². The second kappa shape index (κ2) is 7.76. The molecular formula is C18H19ClN4O3S2. The number of hydrogen-bond acceptors (Lipinski definition) is 6. The number of nitrogens with zero attached hydrogens (tertiary/aromatic N) is 1. The van der Waals surface area contributed by atoms with Gasteiger partial charge in [-0.25, -0.2) is 18.1 Å². The number of fused-ring (bicyclic) bond motifs is 1. The standard InChI is InChI=1S/C18H19ClN4O3S2/c1-18(20,10-28(25,26)21-2)14-9-27-16-6-4-12(7-13(14)16)23-17(24)15-5-3-11(19)8-22-15/h3-9,21H,10,20H2,1-2H3,(H,23,24). The zero-order chi connectivity index (χ0) is 20.5. The fourth-order valence-electron chi connectivity index (χ4n) is 2.80. The molecule has 0 radical (unpaired) electrons. The molecule has 0 spiro atoms. The number of halogens is 1. The minimum absolute atomic E-state index is 0.235. The van der Waals surface area contributed by atoms with E-state index in [4.69, 9.17) is 17.3 Å². The summed E-state index contributed by atoms with van der Waals surface area (Å²) in [6, 6.07) is 8.54. The van der Waals surface area contributed by atoms with E-state index in [2.05, 4.69) is 15.0 Å². The van der Waals surface area contributed by atoms with Gasteiger partial charge < -0.3 is 11.1 Å². The van der Waals surface area contributed by atoms with Crippen molar-refractivity contribution in [3.8, 4) is 0 Å². The van der Waals surface area contributed by atoms with Crippen LogP contribution in [-0.2, 0) is 15.6 Å². The molecule has 0 saturated heterocycles. The molecule has 0 fully saturated rings. The number of thiophene rings is 1. The number of carbonyl (C=O) groups is 1. The smallest absolute Gasteiger partial charge is 0.274 e. The number of aromatic nitrogens is 1. The number of sulfonamides is 1. The molecule has 0 aliphatic rings. The number of hydrogen-bond donors (Lipinski definition) is 3. The van der Waals surface area contributed by atoms with E-state index in [1.54, 1.807) is 25.1 Å². The predicted octanol–water partition coefficient (Wildman–Crippen LogP) is 2.93.